The number of rotatable bonds is 11. The Labute approximate surface area is 221 Å². The summed E-state index contributed by atoms with van der Waals surface area (Å²) in [6, 6.07) is 2.15. The molecule has 2 aromatic rings. The smallest absolute Gasteiger partial charge is 0.320 e. The van der Waals surface area contributed by atoms with E-state index in [0.717, 1.165) is 6.04 Å². The minimum atomic E-state index is -3.46. The number of carbonyl (C=O) groups excluding carboxylic acids is 1. The molecule has 2 amide bonds. The van der Waals surface area contributed by atoms with Crippen LogP contribution in [0.2, 0.25) is 25.7 Å². The molecule has 196 valence electrons. The molecule has 0 radical (unpaired) electrons. The van der Waals surface area contributed by atoms with Crippen LogP contribution in [0.1, 0.15) is 12.8 Å². The van der Waals surface area contributed by atoms with Crippen LogP contribution in [-0.4, -0.2) is 84.1 Å². The number of halogens is 1. The molecular formula is C21H35IN6O5SSi. The molecule has 2 unspecified atom stereocenters. The van der Waals surface area contributed by atoms with Gasteiger partial charge in [0.1, 0.15) is 12.2 Å². The summed E-state index contributed by atoms with van der Waals surface area (Å²) in [6.07, 6.45) is 4.72. The molecule has 11 nitrogen and oxygen atoms in total. The third kappa shape index (κ3) is 8.08. The predicted octanol–water partition coefficient (Wildman–Crippen LogP) is 3.07. The van der Waals surface area contributed by atoms with Crippen molar-refractivity contribution < 1.29 is 22.7 Å². The molecule has 0 spiro atoms. The van der Waals surface area contributed by atoms with Crippen molar-refractivity contribution in [3.05, 3.63) is 18.5 Å². The molecule has 0 aromatic carbocycles. The second-order valence-electron chi connectivity index (χ2n) is 9.74. The monoisotopic (exact) mass is 638 g/mol. The number of piperidine rings is 1. The number of fused-ring (bicyclic) bond motifs is 1. The number of methoxy groups -OCH3 is 1. The van der Waals surface area contributed by atoms with E-state index in [9.17, 15) is 13.2 Å². The number of ether oxygens (including phenoxy) is 2. The lowest BCUT2D eigenvalue weighted by molar-refractivity contribution is 0.0899. The largest absolute Gasteiger partial charge is 0.384 e. The average Bonchev–Trinajstić information content (AvgIpc) is 3.18. The predicted molar refractivity (Wildman–Crippen MR) is 147 cm³/mol. The molecule has 0 saturated carbocycles. The van der Waals surface area contributed by atoms with Crippen LogP contribution in [0.25, 0.3) is 11.2 Å². The number of alkyl halides is 1. The first-order valence-corrected chi connectivity index (χ1v) is 18.2. The molecule has 3 rings (SSSR count). The Hall–Kier alpha value is -1.33. The van der Waals surface area contributed by atoms with Crippen LogP contribution >= 0.6 is 22.6 Å². The number of anilines is 1. The quantitative estimate of drug-likeness (QED) is 0.127. The first kappa shape index (κ1) is 28.2. The maximum Gasteiger partial charge on any atom is 0.320 e. The molecule has 0 bridgehead atoms. The van der Waals surface area contributed by atoms with Crippen molar-refractivity contribution >= 4 is 63.7 Å². The first-order valence-electron chi connectivity index (χ1n) is 11.6. The third-order valence-corrected chi connectivity index (χ3v) is 11.1. The molecule has 14 heteroatoms. The van der Waals surface area contributed by atoms with Gasteiger partial charge in [0, 0.05) is 34.5 Å². The zero-order valence-corrected chi connectivity index (χ0v) is 24.6. The number of urea groups is 1. The summed E-state index contributed by atoms with van der Waals surface area (Å²) in [7, 11) is -3.13. The molecule has 2 N–H and O–H groups in total. The van der Waals surface area contributed by atoms with Crippen molar-refractivity contribution in [3.8, 4) is 0 Å². The lowest BCUT2D eigenvalue weighted by Gasteiger charge is -2.37. The normalized spacial score (nSPS) is 19.7. The fourth-order valence-electron chi connectivity index (χ4n) is 3.66. The van der Waals surface area contributed by atoms with Crippen molar-refractivity contribution in [1.82, 2.24) is 24.2 Å². The Kier molecular flexibility index (Phi) is 9.90. The SMILES string of the molecule is COCCS(=O)(=O)N1CCCC(NC(=O)Nc2cnc3c(ccn3COCC[Si](C)(C)C)n2)C1I. The van der Waals surface area contributed by atoms with Gasteiger partial charge in [-0.3, -0.25) is 5.32 Å². The van der Waals surface area contributed by atoms with Crippen molar-refractivity contribution in [2.45, 2.75) is 55.3 Å². The van der Waals surface area contributed by atoms with Gasteiger partial charge in [-0.05, 0) is 25.0 Å². The maximum absolute atomic E-state index is 12.6. The highest BCUT2D eigenvalue weighted by Gasteiger charge is 2.37. The molecule has 2 atom stereocenters. The minimum Gasteiger partial charge on any atom is -0.384 e. The number of sulfonamides is 1. The number of hydrogen-bond donors (Lipinski definition) is 2. The van der Waals surface area contributed by atoms with E-state index in [-0.39, 0.29) is 18.4 Å². The van der Waals surface area contributed by atoms with Gasteiger partial charge in [0.2, 0.25) is 10.0 Å². The summed E-state index contributed by atoms with van der Waals surface area (Å²) in [4.78, 5) is 21.6. The summed E-state index contributed by atoms with van der Waals surface area (Å²) >= 11 is 2.08. The zero-order chi connectivity index (χ0) is 25.6. The van der Waals surface area contributed by atoms with E-state index in [0.29, 0.717) is 49.7 Å². The van der Waals surface area contributed by atoms with Crippen molar-refractivity contribution in [2.75, 3.05) is 37.9 Å². The van der Waals surface area contributed by atoms with Crippen molar-refractivity contribution in [2.24, 2.45) is 0 Å². The van der Waals surface area contributed by atoms with Crippen molar-refractivity contribution in [1.29, 1.82) is 0 Å². The summed E-state index contributed by atoms with van der Waals surface area (Å²) in [5.74, 6) is 0.235. The van der Waals surface area contributed by atoms with Gasteiger partial charge in [-0.15, -0.1) is 0 Å². The van der Waals surface area contributed by atoms with Crippen LogP contribution in [0.3, 0.4) is 0 Å². The van der Waals surface area contributed by atoms with Crippen molar-refractivity contribution in [3.63, 3.8) is 0 Å². The van der Waals surface area contributed by atoms with Gasteiger partial charge < -0.3 is 19.4 Å². The number of amides is 2. The highest BCUT2D eigenvalue weighted by molar-refractivity contribution is 14.1. The maximum atomic E-state index is 12.6. The molecule has 1 aliphatic heterocycles. The minimum absolute atomic E-state index is 0.0828. The topological polar surface area (TPSA) is 128 Å². The molecule has 2 aromatic heterocycles. The van der Waals surface area contributed by atoms with Crippen LogP contribution in [0.4, 0.5) is 10.6 Å². The summed E-state index contributed by atoms with van der Waals surface area (Å²) in [6.45, 7) is 8.62. The fourth-order valence-corrected chi connectivity index (χ4v) is 7.74. The van der Waals surface area contributed by atoms with Gasteiger partial charge in [0.25, 0.3) is 0 Å². The number of nitrogens with one attached hydrogen (secondary N) is 2. The molecule has 1 saturated heterocycles. The molecule has 35 heavy (non-hydrogen) atoms. The first-order chi connectivity index (χ1) is 16.5. The van der Waals surface area contributed by atoms with E-state index in [1.165, 1.54) is 17.6 Å². The average molecular weight is 639 g/mol. The van der Waals surface area contributed by atoms with Crippen LogP contribution in [0, 0.1) is 0 Å². The van der Waals surface area contributed by atoms with E-state index >= 15 is 0 Å². The van der Waals surface area contributed by atoms with Crippen LogP contribution in [0.5, 0.6) is 0 Å². The van der Waals surface area contributed by atoms with Crippen LogP contribution < -0.4 is 10.6 Å². The third-order valence-electron chi connectivity index (χ3n) is 5.65. The number of carbonyl (C=O) groups is 1. The van der Waals surface area contributed by atoms with E-state index in [1.54, 1.807) is 0 Å². The highest BCUT2D eigenvalue weighted by atomic mass is 127. The van der Waals surface area contributed by atoms with Gasteiger partial charge in [-0.1, -0.05) is 42.2 Å². The van der Waals surface area contributed by atoms with Gasteiger partial charge in [-0.2, -0.15) is 4.31 Å². The second-order valence-corrected chi connectivity index (χ2v) is 18.7. The second kappa shape index (κ2) is 12.3. The van der Waals surface area contributed by atoms with E-state index in [1.807, 2.05) is 16.8 Å². The zero-order valence-electron chi connectivity index (χ0n) is 20.7. The molecular weight excluding hydrogens is 603 g/mol. The number of hydrogen-bond acceptors (Lipinski definition) is 7. The highest BCUT2D eigenvalue weighted by Crippen LogP contribution is 2.26. The van der Waals surface area contributed by atoms with Crippen LogP contribution in [0.15, 0.2) is 18.5 Å². The Morgan fingerprint density at radius 1 is 1.31 bits per heavy atom. The molecule has 1 fully saturated rings. The Morgan fingerprint density at radius 2 is 2.09 bits per heavy atom. The lowest BCUT2D eigenvalue weighted by Crippen LogP contribution is -2.55. The van der Waals surface area contributed by atoms with Gasteiger partial charge in [0.05, 0.1) is 28.6 Å². The summed E-state index contributed by atoms with van der Waals surface area (Å²) in [5, 5.41) is 5.61. The van der Waals surface area contributed by atoms with E-state index in [2.05, 4.69) is 62.8 Å². The molecule has 0 aliphatic carbocycles. The van der Waals surface area contributed by atoms with Crippen LogP contribution in [-0.2, 0) is 26.2 Å². The van der Waals surface area contributed by atoms with E-state index < -0.39 is 28.2 Å². The Bertz CT molecular complexity index is 1110. The van der Waals surface area contributed by atoms with Gasteiger partial charge in [-0.25, -0.2) is 23.2 Å². The summed E-state index contributed by atoms with van der Waals surface area (Å²) < 4.78 is 38.9. The van der Waals surface area contributed by atoms with E-state index in [4.69, 9.17) is 9.47 Å². The van der Waals surface area contributed by atoms with Gasteiger partial charge in [0.15, 0.2) is 11.5 Å². The summed E-state index contributed by atoms with van der Waals surface area (Å²) in [5.41, 5.74) is 1.33. The molecule has 3 heterocycles. The fraction of sp³-hybridized carbons (Fsp3) is 0.667. The Balaban J connectivity index is 1.56. The van der Waals surface area contributed by atoms with Gasteiger partial charge >= 0.3 is 6.03 Å². The standard InChI is InChI=1S/C21H35IN6O5SSi/c1-32-10-12-34(30,31)28-8-5-6-16(19(28)22)25-21(29)26-18-14-23-20-17(24-18)7-9-27(20)15-33-11-13-35(2,3)4/h7,9,14,16,19H,5-6,8,10-13,15H2,1-4H3,(H2,24,25,26,29). The Morgan fingerprint density at radius 3 is 2.80 bits per heavy atom. The number of nitrogens with zero attached hydrogens (tertiary/aromatic N) is 4. The number of aromatic nitrogens is 3. The molecule has 1 aliphatic rings. The lowest BCUT2D eigenvalue weighted by atomic mass is 10.1.